The van der Waals surface area contributed by atoms with Crippen LogP contribution in [-0.4, -0.2) is 50.3 Å². The molecular formula is C28H50O8. The number of unbranched alkanes of at least 4 members (excludes halogenated alkanes) is 5. The summed E-state index contributed by atoms with van der Waals surface area (Å²) in [7, 11) is 0. The van der Waals surface area contributed by atoms with Crippen molar-refractivity contribution in [2.24, 2.45) is 22.7 Å². The second kappa shape index (κ2) is 17.4. The highest BCUT2D eigenvalue weighted by Gasteiger charge is 2.43. The van der Waals surface area contributed by atoms with Crippen molar-refractivity contribution in [3.63, 3.8) is 0 Å². The number of rotatable bonds is 19. The zero-order valence-corrected chi connectivity index (χ0v) is 23.9. The van der Waals surface area contributed by atoms with Crippen LogP contribution in [0.25, 0.3) is 0 Å². The Kier molecular flexibility index (Phi) is 16.3. The number of ether oxygens (including phenoxy) is 4. The third-order valence-corrected chi connectivity index (χ3v) is 6.54. The predicted molar refractivity (Wildman–Crippen MR) is 138 cm³/mol. The maximum Gasteiger partial charge on any atom is 0.320 e. The summed E-state index contributed by atoms with van der Waals surface area (Å²) in [5.74, 6) is -3.93. The first-order valence-corrected chi connectivity index (χ1v) is 13.6. The zero-order valence-electron chi connectivity index (χ0n) is 23.9. The minimum Gasteiger partial charge on any atom is -0.465 e. The van der Waals surface area contributed by atoms with Crippen molar-refractivity contribution in [2.45, 2.75) is 107 Å². The highest BCUT2D eigenvalue weighted by Crippen LogP contribution is 2.36. The minimum absolute atomic E-state index is 0.224. The molecule has 8 nitrogen and oxygen atoms in total. The Morgan fingerprint density at radius 3 is 0.917 bits per heavy atom. The Morgan fingerprint density at radius 1 is 0.472 bits per heavy atom. The summed E-state index contributed by atoms with van der Waals surface area (Å²) in [6.07, 6.45) is 7.23. The maximum absolute atomic E-state index is 12.4. The van der Waals surface area contributed by atoms with Gasteiger partial charge >= 0.3 is 23.9 Å². The van der Waals surface area contributed by atoms with E-state index >= 15 is 0 Å². The number of hydrogen-bond donors (Lipinski definition) is 0. The van der Waals surface area contributed by atoms with Crippen LogP contribution in [0.4, 0.5) is 0 Å². The Labute approximate surface area is 218 Å². The van der Waals surface area contributed by atoms with Crippen LogP contribution in [-0.2, 0) is 38.1 Å². The Morgan fingerprint density at radius 2 is 0.694 bits per heavy atom. The molecule has 0 heterocycles. The lowest BCUT2D eigenvalue weighted by molar-refractivity contribution is -0.169. The largest absolute Gasteiger partial charge is 0.465 e. The highest BCUT2D eigenvalue weighted by atomic mass is 16.6. The lowest BCUT2D eigenvalue weighted by atomic mass is 9.74. The fraction of sp³-hybridized carbons (Fsp3) is 0.857. The molecule has 0 saturated heterocycles. The molecule has 0 aromatic rings. The number of hydrogen-bond acceptors (Lipinski definition) is 8. The molecule has 0 unspecified atom stereocenters. The van der Waals surface area contributed by atoms with E-state index < -0.39 is 46.5 Å². The predicted octanol–water partition coefficient (Wildman–Crippen LogP) is 5.64. The molecule has 0 aromatic heterocycles. The van der Waals surface area contributed by atoms with Crippen molar-refractivity contribution >= 4 is 23.9 Å². The molecule has 0 aliphatic heterocycles. The first-order valence-electron chi connectivity index (χ1n) is 13.6. The number of carbonyl (C=O) groups is 4. The fourth-order valence-corrected chi connectivity index (χ4v) is 4.53. The molecule has 0 atom stereocenters. The lowest BCUT2D eigenvalue weighted by Gasteiger charge is -2.31. The molecule has 0 aliphatic rings. The summed E-state index contributed by atoms with van der Waals surface area (Å²) in [5.41, 5.74) is -1.12. The molecule has 0 saturated carbocycles. The van der Waals surface area contributed by atoms with Crippen molar-refractivity contribution in [3.05, 3.63) is 0 Å². The van der Waals surface area contributed by atoms with E-state index in [2.05, 4.69) is 0 Å². The van der Waals surface area contributed by atoms with Crippen LogP contribution in [0.15, 0.2) is 0 Å². The number of carbonyl (C=O) groups excluding carboxylic acids is 4. The molecule has 36 heavy (non-hydrogen) atoms. The summed E-state index contributed by atoms with van der Waals surface area (Å²) in [6, 6.07) is 0. The van der Waals surface area contributed by atoms with Crippen molar-refractivity contribution in [1.82, 2.24) is 0 Å². The van der Waals surface area contributed by atoms with Crippen LogP contribution < -0.4 is 0 Å². The second-order valence-electron chi connectivity index (χ2n) is 10.5. The average molecular weight is 515 g/mol. The zero-order chi connectivity index (χ0) is 27.8. The fourth-order valence-electron chi connectivity index (χ4n) is 4.53. The second-order valence-corrected chi connectivity index (χ2v) is 10.5. The SMILES string of the molecule is CCOC(=O)C(C(=O)OCC)C(C)(C)CCCCCCCCC(C)(C)C(C(=O)OCC)C(=O)OCC. The van der Waals surface area contributed by atoms with E-state index in [1.165, 1.54) is 0 Å². The lowest BCUT2D eigenvalue weighted by Crippen LogP contribution is -2.39. The molecule has 0 radical (unpaired) electrons. The van der Waals surface area contributed by atoms with Gasteiger partial charge in [0.25, 0.3) is 0 Å². The van der Waals surface area contributed by atoms with Crippen LogP contribution in [0.3, 0.4) is 0 Å². The number of esters is 4. The molecule has 0 fully saturated rings. The van der Waals surface area contributed by atoms with Gasteiger partial charge in [0.2, 0.25) is 0 Å². The van der Waals surface area contributed by atoms with Gasteiger partial charge < -0.3 is 18.9 Å². The van der Waals surface area contributed by atoms with Gasteiger partial charge in [-0.3, -0.25) is 19.2 Å². The Hall–Kier alpha value is -2.12. The van der Waals surface area contributed by atoms with E-state index in [0.717, 1.165) is 38.5 Å². The topological polar surface area (TPSA) is 105 Å². The molecule has 0 aromatic carbocycles. The van der Waals surface area contributed by atoms with Crippen LogP contribution in [0.2, 0.25) is 0 Å². The molecule has 0 bridgehead atoms. The third-order valence-electron chi connectivity index (χ3n) is 6.54. The molecule has 0 rings (SSSR count). The summed E-state index contributed by atoms with van der Waals surface area (Å²) in [5, 5.41) is 0. The van der Waals surface area contributed by atoms with Gasteiger partial charge in [-0.2, -0.15) is 0 Å². The maximum atomic E-state index is 12.4. The van der Waals surface area contributed by atoms with Crippen LogP contribution >= 0.6 is 0 Å². The third kappa shape index (κ3) is 11.7. The van der Waals surface area contributed by atoms with Gasteiger partial charge in [-0.25, -0.2) is 0 Å². The standard InChI is InChI=1S/C28H50O8/c1-9-33-23(29)21(24(30)34-10-2)27(5,6)19-17-15-13-14-16-18-20-28(7,8)22(25(31)35-11-3)26(32)36-12-4/h21-22H,9-20H2,1-8H3. The summed E-state index contributed by atoms with van der Waals surface area (Å²) in [4.78, 5) is 49.7. The summed E-state index contributed by atoms with van der Waals surface area (Å²) in [6.45, 7) is 15.4. The molecule has 0 amide bonds. The Balaban J connectivity index is 4.63. The summed E-state index contributed by atoms with van der Waals surface area (Å²) < 4.78 is 20.5. The van der Waals surface area contributed by atoms with Gasteiger partial charge in [0.1, 0.15) is 0 Å². The minimum atomic E-state index is -0.925. The van der Waals surface area contributed by atoms with Gasteiger partial charge in [0.15, 0.2) is 11.8 Å². The van der Waals surface area contributed by atoms with Crippen LogP contribution in [0.5, 0.6) is 0 Å². The van der Waals surface area contributed by atoms with Crippen molar-refractivity contribution in [1.29, 1.82) is 0 Å². The average Bonchev–Trinajstić information content (AvgIpc) is 2.76. The first-order chi connectivity index (χ1) is 16.9. The van der Waals surface area contributed by atoms with Crippen LogP contribution in [0, 0.1) is 22.7 Å². The summed E-state index contributed by atoms with van der Waals surface area (Å²) >= 11 is 0. The van der Waals surface area contributed by atoms with Crippen molar-refractivity contribution in [2.75, 3.05) is 26.4 Å². The van der Waals surface area contributed by atoms with Gasteiger partial charge in [-0.1, -0.05) is 66.2 Å². The van der Waals surface area contributed by atoms with E-state index in [0.29, 0.717) is 12.8 Å². The van der Waals surface area contributed by atoms with Gasteiger partial charge in [-0.05, 0) is 51.4 Å². The van der Waals surface area contributed by atoms with E-state index in [1.54, 1.807) is 27.7 Å². The quantitative estimate of drug-likeness (QED) is 0.0943. The normalized spacial score (nSPS) is 11.9. The van der Waals surface area contributed by atoms with Gasteiger partial charge in [0.05, 0.1) is 26.4 Å². The first kappa shape index (κ1) is 33.9. The van der Waals surface area contributed by atoms with Crippen LogP contribution in [0.1, 0.15) is 107 Å². The highest BCUT2D eigenvalue weighted by molar-refractivity contribution is 5.96. The van der Waals surface area contributed by atoms with E-state index in [-0.39, 0.29) is 26.4 Å². The monoisotopic (exact) mass is 514 g/mol. The van der Waals surface area contributed by atoms with Crippen molar-refractivity contribution < 1.29 is 38.1 Å². The van der Waals surface area contributed by atoms with Crippen molar-refractivity contribution in [3.8, 4) is 0 Å². The molecular weight excluding hydrogens is 464 g/mol. The smallest absolute Gasteiger partial charge is 0.320 e. The molecule has 8 heteroatoms. The van der Waals surface area contributed by atoms with E-state index in [4.69, 9.17) is 18.9 Å². The molecule has 0 spiro atoms. The van der Waals surface area contributed by atoms with E-state index in [1.807, 2.05) is 27.7 Å². The molecule has 210 valence electrons. The van der Waals surface area contributed by atoms with Gasteiger partial charge in [0, 0.05) is 0 Å². The Bertz CT molecular complexity index is 589. The molecule has 0 N–H and O–H groups in total. The van der Waals surface area contributed by atoms with Gasteiger partial charge in [-0.15, -0.1) is 0 Å². The van der Waals surface area contributed by atoms with E-state index in [9.17, 15) is 19.2 Å². The molecule has 0 aliphatic carbocycles.